The number of halogens is 1. The molecule has 32 heavy (non-hydrogen) atoms. The number of nitrogens with one attached hydrogen (secondary N) is 1. The van der Waals surface area contributed by atoms with Gasteiger partial charge in [0.15, 0.2) is 0 Å². The molecule has 162 valence electrons. The molecular weight excluding hydrogens is 460 g/mol. The van der Waals surface area contributed by atoms with Gasteiger partial charge in [0.25, 0.3) is 0 Å². The minimum absolute atomic E-state index is 0.0526. The van der Waals surface area contributed by atoms with Gasteiger partial charge >= 0.3 is 0 Å². The molecule has 4 heteroatoms. The Kier molecular flexibility index (Phi) is 4.89. The molecule has 1 saturated heterocycles. The highest BCUT2D eigenvalue weighted by molar-refractivity contribution is 9.10. The van der Waals surface area contributed by atoms with Crippen molar-refractivity contribution in [2.75, 3.05) is 13.1 Å². The third-order valence-corrected chi connectivity index (χ3v) is 8.20. The van der Waals surface area contributed by atoms with Crippen molar-refractivity contribution in [2.24, 2.45) is 5.92 Å². The lowest BCUT2D eigenvalue weighted by Gasteiger charge is -2.51. The van der Waals surface area contributed by atoms with Crippen molar-refractivity contribution in [1.82, 2.24) is 9.88 Å². The van der Waals surface area contributed by atoms with Crippen LogP contribution in [0.2, 0.25) is 0 Å². The van der Waals surface area contributed by atoms with Gasteiger partial charge in [0, 0.05) is 39.6 Å². The first-order valence-electron chi connectivity index (χ1n) is 11.5. The number of aromatic amines is 1. The van der Waals surface area contributed by atoms with Crippen LogP contribution in [0.25, 0.3) is 10.9 Å². The number of likely N-dealkylation sites (tertiary alicyclic amines) is 1. The first kappa shape index (κ1) is 20.1. The van der Waals surface area contributed by atoms with Crippen molar-refractivity contribution in [2.45, 2.75) is 31.2 Å². The SMILES string of the molecule is Oc1cccc(C23CCN(Cc4ccccc4)CC2Cc2c([nH]c4ccc(Br)cc24)C3)c1. The molecule has 6 rings (SSSR count). The van der Waals surface area contributed by atoms with Crippen LogP contribution in [0.4, 0.5) is 0 Å². The highest BCUT2D eigenvalue weighted by Crippen LogP contribution is 2.49. The van der Waals surface area contributed by atoms with Crippen LogP contribution in [0.15, 0.2) is 77.3 Å². The normalized spacial score (nSPS) is 23.1. The molecular formula is C28H27BrN2O. The Morgan fingerprint density at radius 2 is 1.91 bits per heavy atom. The zero-order valence-corrected chi connectivity index (χ0v) is 19.6. The third-order valence-electron chi connectivity index (χ3n) is 7.70. The molecule has 2 unspecified atom stereocenters. The third kappa shape index (κ3) is 3.37. The van der Waals surface area contributed by atoms with Gasteiger partial charge in [-0.2, -0.15) is 0 Å². The van der Waals surface area contributed by atoms with Crippen LogP contribution >= 0.6 is 15.9 Å². The van der Waals surface area contributed by atoms with Crippen molar-refractivity contribution < 1.29 is 5.11 Å². The molecule has 4 aromatic rings. The summed E-state index contributed by atoms with van der Waals surface area (Å²) in [6.45, 7) is 3.15. The van der Waals surface area contributed by atoms with E-state index in [9.17, 15) is 5.11 Å². The second kappa shape index (κ2) is 7.79. The Morgan fingerprint density at radius 3 is 2.75 bits per heavy atom. The second-order valence-electron chi connectivity index (χ2n) is 9.53. The number of phenols is 1. The number of aromatic hydroxyl groups is 1. The molecule has 2 N–H and O–H groups in total. The van der Waals surface area contributed by atoms with Gasteiger partial charge in [-0.3, -0.25) is 4.90 Å². The Hall–Kier alpha value is -2.56. The molecule has 0 bridgehead atoms. The number of aromatic nitrogens is 1. The van der Waals surface area contributed by atoms with E-state index in [-0.39, 0.29) is 5.41 Å². The summed E-state index contributed by atoms with van der Waals surface area (Å²) in [6, 6.07) is 25.4. The quantitative estimate of drug-likeness (QED) is 0.362. The number of rotatable bonds is 3. The van der Waals surface area contributed by atoms with Crippen molar-refractivity contribution in [3.63, 3.8) is 0 Å². The first-order chi connectivity index (χ1) is 15.6. The zero-order valence-electron chi connectivity index (χ0n) is 18.0. The van der Waals surface area contributed by atoms with Gasteiger partial charge in [-0.05, 0) is 78.7 Å². The number of fused-ring (bicyclic) bond motifs is 4. The average Bonchev–Trinajstić information content (AvgIpc) is 3.14. The Balaban J connectivity index is 1.41. The molecule has 0 radical (unpaired) electrons. The maximum Gasteiger partial charge on any atom is 0.115 e. The number of H-pyrrole nitrogens is 1. The van der Waals surface area contributed by atoms with Crippen LogP contribution in [0.5, 0.6) is 5.75 Å². The predicted octanol–water partition coefficient (Wildman–Crippen LogP) is 6.19. The van der Waals surface area contributed by atoms with E-state index < -0.39 is 0 Å². The summed E-state index contributed by atoms with van der Waals surface area (Å²) in [5.74, 6) is 0.876. The molecule has 2 heterocycles. The van der Waals surface area contributed by atoms with Crippen molar-refractivity contribution in [1.29, 1.82) is 0 Å². The second-order valence-corrected chi connectivity index (χ2v) is 10.4. The van der Waals surface area contributed by atoms with Crippen LogP contribution < -0.4 is 0 Å². The number of hydrogen-bond donors (Lipinski definition) is 2. The Bertz CT molecular complexity index is 1280. The van der Waals surface area contributed by atoms with E-state index in [2.05, 4.69) is 80.4 Å². The van der Waals surface area contributed by atoms with Crippen LogP contribution in [0.3, 0.4) is 0 Å². The van der Waals surface area contributed by atoms with E-state index in [4.69, 9.17) is 0 Å². The van der Waals surface area contributed by atoms with E-state index in [0.29, 0.717) is 11.7 Å². The maximum atomic E-state index is 10.3. The molecule has 0 spiro atoms. The summed E-state index contributed by atoms with van der Waals surface area (Å²) in [6.07, 6.45) is 3.17. The fourth-order valence-corrected chi connectivity index (χ4v) is 6.50. The molecule has 1 aliphatic heterocycles. The van der Waals surface area contributed by atoms with Crippen LogP contribution in [-0.2, 0) is 24.8 Å². The molecule has 1 fully saturated rings. The van der Waals surface area contributed by atoms with Gasteiger partial charge in [0.05, 0.1) is 0 Å². The smallest absolute Gasteiger partial charge is 0.115 e. The Labute approximate surface area is 197 Å². The van der Waals surface area contributed by atoms with E-state index >= 15 is 0 Å². The largest absolute Gasteiger partial charge is 0.508 e. The highest BCUT2D eigenvalue weighted by atomic mass is 79.9. The number of benzene rings is 3. The van der Waals surface area contributed by atoms with E-state index in [1.807, 2.05) is 12.1 Å². The number of phenolic OH excluding ortho intramolecular Hbond substituents is 1. The molecule has 1 aromatic heterocycles. The molecule has 0 amide bonds. The van der Waals surface area contributed by atoms with Gasteiger partial charge in [-0.25, -0.2) is 0 Å². The standard InChI is InChI=1S/C28H27BrN2O/c29-22-9-10-26-25(15-22)24-14-21-18-31(17-19-5-2-1-3-6-19)12-11-28(21,16-27(24)30-26)20-7-4-8-23(32)13-20/h1-10,13,15,21,30,32H,11-12,14,16-18H2. The highest BCUT2D eigenvalue weighted by Gasteiger charge is 2.48. The minimum atomic E-state index is 0.0526. The molecule has 0 saturated carbocycles. The topological polar surface area (TPSA) is 39.3 Å². The molecule has 3 nitrogen and oxygen atoms in total. The summed E-state index contributed by atoms with van der Waals surface area (Å²) in [5, 5.41) is 11.6. The Morgan fingerprint density at radius 1 is 1.03 bits per heavy atom. The van der Waals surface area contributed by atoms with Crippen molar-refractivity contribution >= 4 is 26.8 Å². The number of hydrogen-bond acceptors (Lipinski definition) is 2. The molecule has 2 aliphatic rings. The van der Waals surface area contributed by atoms with E-state index in [0.717, 1.165) is 43.4 Å². The van der Waals surface area contributed by atoms with Gasteiger partial charge in [-0.15, -0.1) is 0 Å². The molecule has 2 atom stereocenters. The first-order valence-corrected chi connectivity index (χ1v) is 12.2. The summed E-state index contributed by atoms with van der Waals surface area (Å²) in [5.41, 5.74) is 6.79. The molecule has 3 aromatic carbocycles. The zero-order chi connectivity index (χ0) is 21.7. The lowest BCUT2D eigenvalue weighted by Crippen LogP contribution is -2.53. The summed E-state index contributed by atoms with van der Waals surface area (Å²) >= 11 is 3.67. The fourth-order valence-electron chi connectivity index (χ4n) is 6.14. The maximum absolute atomic E-state index is 10.3. The summed E-state index contributed by atoms with van der Waals surface area (Å²) < 4.78 is 1.13. The van der Waals surface area contributed by atoms with Crippen LogP contribution in [0, 0.1) is 5.92 Å². The van der Waals surface area contributed by atoms with E-state index in [1.165, 1.54) is 33.3 Å². The monoisotopic (exact) mass is 486 g/mol. The number of nitrogens with zero attached hydrogens (tertiary/aromatic N) is 1. The van der Waals surface area contributed by atoms with Gasteiger partial charge in [0.2, 0.25) is 0 Å². The van der Waals surface area contributed by atoms with Crippen LogP contribution in [-0.4, -0.2) is 28.1 Å². The fraction of sp³-hybridized carbons (Fsp3) is 0.286. The van der Waals surface area contributed by atoms with Crippen molar-refractivity contribution in [3.05, 3.63) is 99.7 Å². The lowest BCUT2D eigenvalue weighted by atomic mass is 9.58. The predicted molar refractivity (Wildman–Crippen MR) is 133 cm³/mol. The molecule has 1 aliphatic carbocycles. The minimum Gasteiger partial charge on any atom is -0.508 e. The van der Waals surface area contributed by atoms with Gasteiger partial charge in [0.1, 0.15) is 5.75 Å². The van der Waals surface area contributed by atoms with Gasteiger partial charge < -0.3 is 10.1 Å². The summed E-state index contributed by atoms with van der Waals surface area (Å²) in [4.78, 5) is 6.36. The summed E-state index contributed by atoms with van der Waals surface area (Å²) in [7, 11) is 0. The lowest BCUT2D eigenvalue weighted by molar-refractivity contribution is 0.0765. The number of piperidine rings is 1. The van der Waals surface area contributed by atoms with E-state index in [1.54, 1.807) is 6.07 Å². The van der Waals surface area contributed by atoms with Gasteiger partial charge in [-0.1, -0.05) is 58.4 Å². The van der Waals surface area contributed by atoms with Crippen LogP contribution in [0.1, 0.15) is 28.8 Å². The van der Waals surface area contributed by atoms with Crippen molar-refractivity contribution in [3.8, 4) is 5.75 Å². The average molecular weight is 487 g/mol.